The van der Waals surface area contributed by atoms with Gasteiger partial charge in [-0.1, -0.05) is 26.7 Å². The van der Waals surface area contributed by atoms with Crippen LogP contribution < -0.4 is 5.73 Å². The zero-order valence-electron chi connectivity index (χ0n) is 17.2. The van der Waals surface area contributed by atoms with Crippen LogP contribution in [-0.4, -0.2) is 18.1 Å². The van der Waals surface area contributed by atoms with E-state index >= 15 is 0 Å². The molecule has 0 aliphatic heterocycles. The Morgan fingerprint density at radius 2 is 1.81 bits per heavy atom. The fourth-order valence-electron chi connectivity index (χ4n) is 7.73. The highest BCUT2D eigenvalue weighted by molar-refractivity contribution is 5.88. The summed E-state index contributed by atoms with van der Waals surface area (Å²) < 4.78 is 0. The first-order chi connectivity index (χ1) is 12.4. The van der Waals surface area contributed by atoms with Gasteiger partial charge in [-0.25, -0.2) is 0 Å². The standard InChI is InChI=1S/C23H37NO2.ClH/c1-22-10-8-15(5-3-4-12-24)13-19(22)20(25)14-16-17-6-7-21(26)23(17,2)11-9-18(16)22;/h15-19H,3-14,24H2,1-2H3;1H/t15?,16-,17-,18+,19?,22+,23-;/m0./s1. The Balaban J connectivity index is 0.00000210. The third-order valence-corrected chi connectivity index (χ3v) is 9.34. The van der Waals surface area contributed by atoms with Crippen LogP contribution in [-0.2, 0) is 9.59 Å². The molecule has 0 amide bonds. The number of hydrogen-bond donors (Lipinski definition) is 1. The molecule has 4 aliphatic carbocycles. The molecule has 0 spiro atoms. The van der Waals surface area contributed by atoms with Crippen LogP contribution in [0.5, 0.6) is 0 Å². The molecule has 0 aromatic heterocycles. The number of nitrogens with two attached hydrogens (primary N) is 1. The third-order valence-electron chi connectivity index (χ3n) is 9.34. The summed E-state index contributed by atoms with van der Waals surface area (Å²) in [6.45, 7) is 5.42. The smallest absolute Gasteiger partial charge is 0.139 e. The largest absolute Gasteiger partial charge is 0.330 e. The van der Waals surface area contributed by atoms with Gasteiger partial charge in [0, 0.05) is 24.2 Å². The fourth-order valence-corrected chi connectivity index (χ4v) is 7.73. The van der Waals surface area contributed by atoms with E-state index in [9.17, 15) is 9.59 Å². The highest BCUT2D eigenvalue weighted by atomic mass is 35.5. The Morgan fingerprint density at radius 3 is 2.56 bits per heavy atom. The second kappa shape index (κ2) is 7.78. The molecule has 4 heteroatoms. The van der Waals surface area contributed by atoms with E-state index in [0.29, 0.717) is 29.3 Å². The zero-order chi connectivity index (χ0) is 18.5. The lowest BCUT2D eigenvalue weighted by Crippen LogP contribution is -2.56. The van der Waals surface area contributed by atoms with Crippen molar-refractivity contribution in [1.82, 2.24) is 0 Å². The average molecular weight is 396 g/mol. The van der Waals surface area contributed by atoms with Crippen molar-refractivity contribution in [3.63, 3.8) is 0 Å². The quantitative estimate of drug-likeness (QED) is 0.685. The van der Waals surface area contributed by atoms with Crippen LogP contribution in [0.25, 0.3) is 0 Å². The number of unbranched alkanes of at least 4 members (excludes halogenated alkanes) is 1. The number of halogens is 1. The van der Waals surface area contributed by atoms with Gasteiger partial charge >= 0.3 is 0 Å². The molecule has 4 aliphatic rings. The molecule has 2 unspecified atom stereocenters. The Kier molecular flexibility index (Phi) is 6.14. The van der Waals surface area contributed by atoms with Crippen molar-refractivity contribution in [2.75, 3.05) is 6.54 Å². The van der Waals surface area contributed by atoms with Crippen molar-refractivity contribution in [3.8, 4) is 0 Å². The van der Waals surface area contributed by atoms with Gasteiger partial charge in [0.05, 0.1) is 0 Å². The Labute approximate surface area is 171 Å². The lowest BCUT2D eigenvalue weighted by atomic mass is 9.44. The first kappa shape index (κ1) is 21.3. The van der Waals surface area contributed by atoms with Gasteiger partial charge in [0.15, 0.2) is 0 Å². The van der Waals surface area contributed by atoms with Crippen LogP contribution in [0.3, 0.4) is 0 Å². The number of rotatable bonds is 4. The van der Waals surface area contributed by atoms with Crippen molar-refractivity contribution >= 4 is 24.0 Å². The molecule has 154 valence electrons. The minimum atomic E-state index is -0.121. The van der Waals surface area contributed by atoms with Crippen molar-refractivity contribution < 1.29 is 9.59 Å². The Morgan fingerprint density at radius 1 is 1.04 bits per heavy atom. The monoisotopic (exact) mass is 395 g/mol. The van der Waals surface area contributed by atoms with Gasteiger partial charge in [-0.15, -0.1) is 12.4 Å². The van der Waals surface area contributed by atoms with Crippen molar-refractivity contribution in [1.29, 1.82) is 0 Å². The maximum Gasteiger partial charge on any atom is 0.139 e. The fraction of sp³-hybridized carbons (Fsp3) is 0.913. The number of carbonyl (C=O) groups is 2. The molecule has 27 heavy (non-hydrogen) atoms. The van der Waals surface area contributed by atoms with Gasteiger partial charge in [0.1, 0.15) is 11.6 Å². The number of carbonyl (C=O) groups excluding carboxylic acids is 2. The summed E-state index contributed by atoms with van der Waals surface area (Å²) in [7, 11) is 0. The van der Waals surface area contributed by atoms with E-state index in [1.54, 1.807) is 0 Å². The van der Waals surface area contributed by atoms with Crippen LogP contribution in [0.2, 0.25) is 0 Å². The van der Waals surface area contributed by atoms with Gasteiger partial charge in [0.2, 0.25) is 0 Å². The highest BCUT2D eigenvalue weighted by Crippen LogP contribution is 2.65. The van der Waals surface area contributed by atoms with Crippen molar-refractivity contribution in [3.05, 3.63) is 0 Å². The number of hydrogen-bond acceptors (Lipinski definition) is 3. The maximum atomic E-state index is 13.2. The first-order valence-corrected chi connectivity index (χ1v) is 11.2. The van der Waals surface area contributed by atoms with E-state index in [1.807, 2.05) is 0 Å². The number of fused-ring (bicyclic) bond motifs is 5. The maximum absolute atomic E-state index is 13.2. The van der Waals surface area contributed by atoms with Crippen LogP contribution in [0.4, 0.5) is 0 Å². The Hall–Kier alpha value is -0.410. The van der Waals surface area contributed by atoms with Crippen LogP contribution in [0.1, 0.15) is 84.5 Å². The van der Waals surface area contributed by atoms with Gasteiger partial charge in [-0.3, -0.25) is 9.59 Å². The molecule has 4 fully saturated rings. The topological polar surface area (TPSA) is 60.2 Å². The molecular formula is C23H38ClNO2. The minimum absolute atomic E-state index is 0. The van der Waals surface area contributed by atoms with Crippen LogP contribution in [0.15, 0.2) is 0 Å². The molecule has 0 heterocycles. The van der Waals surface area contributed by atoms with E-state index in [2.05, 4.69) is 13.8 Å². The van der Waals surface area contributed by atoms with E-state index in [4.69, 9.17) is 5.73 Å². The minimum Gasteiger partial charge on any atom is -0.330 e. The normalized spacial score (nSPS) is 46.3. The molecule has 7 atom stereocenters. The summed E-state index contributed by atoms with van der Waals surface area (Å²) in [6.07, 6.45) is 12.0. The summed E-state index contributed by atoms with van der Waals surface area (Å²) in [5.74, 6) is 3.62. The molecule has 3 nitrogen and oxygen atoms in total. The van der Waals surface area contributed by atoms with Gasteiger partial charge in [0.25, 0.3) is 0 Å². The molecule has 4 saturated carbocycles. The van der Waals surface area contributed by atoms with E-state index in [0.717, 1.165) is 51.0 Å². The predicted molar refractivity (Wildman–Crippen MR) is 111 cm³/mol. The number of ketones is 2. The summed E-state index contributed by atoms with van der Waals surface area (Å²) in [5.41, 5.74) is 5.72. The van der Waals surface area contributed by atoms with Gasteiger partial charge in [-0.05, 0) is 80.6 Å². The molecule has 0 radical (unpaired) electrons. The number of Topliss-reactive ketones (excluding diaryl/α,β-unsaturated/α-hetero) is 2. The summed E-state index contributed by atoms with van der Waals surface area (Å²) >= 11 is 0. The summed E-state index contributed by atoms with van der Waals surface area (Å²) in [6, 6.07) is 0. The third kappa shape index (κ3) is 3.31. The van der Waals surface area contributed by atoms with Gasteiger partial charge < -0.3 is 5.73 Å². The lowest BCUT2D eigenvalue weighted by Gasteiger charge is -2.59. The summed E-state index contributed by atoms with van der Waals surface area (Å²) in [4.78, 5) is 25.8. The Bertz CT molecular complexity index is 593. The van der Waals surface area contributed by atoms with E-state index in [1.165, 1.54) is 32.1 Å². The highest BCUT2D eigenvalue weighted by Gasteiger charge is 2.62. The van der Waals surface area contributed by atoms with E-state index < -0.39 is 0 Å². The molecule has 4 rings (SSSR count). The molecule has 2 N–H and O–H groups in total. The average Bonchev–Trinajstić information content (AvgIpc) is 2.92. The van der Waals surface area contributed by atoms with E-state index in [-0.39, 0.29) is 29.2 Å². The second-order valence-corrected chi connectivity index (χ2v) is 10.4. The SMILES string of the molecule is C[C@]12CCC(CCCCN)CC1C(=O)C[C@@H]1[C@H]2CC[C@]2(C)C(=O)CC[C@@H]12.Cl. The van der Waals surface area contributed by atoms with Crippen molar-refractivity contribution in [2.24, 2.45) is 46.2 Å². The molecular weight excluding hydrogens is 358 g/mol. The predicted octanol–water partition coefficient (Wildman–Crippen LogP) is 4.94. The second-order valence-electron chi connectivity index (χ2n) is 10.4. The molecule has 0 bridgehead atoms. The van der Waals surface area contributed by atoms with Crippen LogP contribution in [0, 0.1) is 40.4 Å². The lowest BCUT2D eigenvalue weighted by molar-refractivity contribution is -0.158. The molecule has 0 aromatic carbocycles. The van der Waals surface area contributed by atoms with Crippen molar-refractivity contribution in [2.45, 2.75) is 84.5 Å². The summed E-state index contributed by atoms with van der Waals surface area (Å²) in [5, 5.41) is 0. The zero-order valence-corrected chi connectivity index (χ0v) is 18.0. The van der Waals surface area contributed by atoms with Gasteiger partial charge in [-0.2, -0.15) is 0 Å². The molecule has 0 aromatic rings. The van der Waals surface area contributed by atoms with Crippen LogP contribution >= 0.6 is 12.4 Å². The first-order valence-electron chi connectivity index (χ1n) is 11.2. The molecule has 0 saturated heterocycles.